The van der Waals surface area contributed by atoms with Crippen molar-refractivity contribution in [1.82, 2.24) is 4.90 Å². The second-order valence-corrected chi connectivity index (χ2v) is 6.86. The van der Waals surface area contributed by atoms with Crippen molar-refractivity contribution in [2.24, 2.45) is 17.6 Å². The van der Waals surface area contributed by atoms with Gasteiger partial charge in [0, 0.05) is 25.2 Å². The summed E-state index contributed by atoms with van der Waals surface area (Å²) in [7, 11) is 0. The number of hydrogen-bond donors (Lipinski definition) is 1. The lowest BCUT2D eigenvalue weighted by molar-refractivity contribution is 0.0639. The lowest BCUT2D eigenvalue weighted by atomic mass is 9.83. The van der Waals surface area contributed by atoms with E-state index < -0.39 is 0 Å². The number of nitrogens with zero attached hydrogens (tertiary/aromatic N) is 1. The van der Waals surface area contributed by atoms with Crippen molar-refractivity contribution in [2.45, 2.75) is 77.3 Å². The molecule has 1 saturated carbocycles. The third-order valence-electron chi connectivity index (χ3n) is 5.24. The molecule has 3 unspecified atom stereocenters. The van der Waals surface area contributed by atoms with E-state index in [-0.39, 0.29) is 0 Å². The van der Waals surface area contributed by atoms with Gasteiger partial charge in [0.2, 0.25) is 0 Å². The Hall–Kier alpha value is -0.0800. The summed E-state index contributed by atoms with van der Waals surface area (Å²) in [4.78, 5) is 2.72. The summed E-state index contributed by atoms with van der Waals surface area (Å²) in [6.45, 7) is 6.92. The quantitative estimate of drug-likeness (QED) is 0.831. The number of likely N-dealkylation sites (tertiary alicyclic amines) is 1. The molecule has 0 aromatic heterocycles. The van der Waals surface area contributed by atoms with Crippen LogP contribution in [0.15, 0.2) is 0 Å². The monoisotopic (exact) mass is 252 g/mol. The van der Waals surface area contributed by atoms with Crippen LogP contribution in [0.25, 0.3) is 0 Å². The topological polar surface area (TPSA) is 29.3 Å². The number of nitrogens with two attached hydrogens (primary N) is 1. The standard InChI is InChI=1S/C16H32N2/c1-13-8-9-14(2)18(12-13)16(11-17)10-15-6-4-3-5-7-15/h13-16H,3-12,17H2,1-2H3. The van der Waals surface area contributed by atoms with Crippen molar-refractivity contribution in [3.05, 3.63) is 0 Å². The minimum atomic E-state index is 0.644. The number of rotatable bonds is 4. The molecule has 2 rings (SSSR count). The first-order valence-corrected chi connectivity index (χ1v) is 8.16. The van der Waals surface area contributed by atoms with E-state index in [4.69, 9.17) is 5.73 Å². The van der Waals surface area contributed by atoms with Crippen LogP contribution in [0, 0.1) is 11.8 Å². The lowest BCUT2D eigenvalue weighted by Crippen LogP contribution is -2.51. The van der Waals surface area contributed by atoms with Crippen LogP contribution >= 0.6 is 0 Å². The molecule has 0 spiro atoms. The average molecular weight is 252 g/mol. The zero-order valence-electron chi connectivity index (χ0n) is 12.4. The fourth-order valence-electron chi connectivity index (χ4n) is 4.01. The fourth-order valence-corrected chi connectivity index (χ4v) is 4.01. The average Bonchev–Trinajstić information content (AvgIpc) is 2.40. The Morgan fingerprint density at radius 2 is 1.78 bits per heavy atom. The van der Waals surface area contributed by atoms with Gasteiger partial charge >= 0.3 is 0 Å². The molecule has 1 aliphatic carbocycles. The zero-order valence-corrected chi connectivity index (χ0v) is 12.4. The summed E-state index contributed by atoms with van der Waals surface area (Å²) in [5.41, 5.74) is 6.09. The van der Waals surface area contributed by atoms with E-state index in [0.717, 1.165) is 24.4 Å². The van der Waals surface area contributed by atoms with Crippen molar-refractivity contribution in [2.75, 3.05) is 13.1 Å². The molecule has 1 saturated heterocycles. The molecule has 2 N–H and O–H groups in total. The van der Waals surface area contributed by atoms with Crippen molar-refractivity contribution in [3.8, 4) is 0 Å². The molecular weight excluding hydrogens is 220 g/mol. The molecular formula is C16H32N2. The van der Waals surface area contributed by atoms with Crippen LogP contribution in [0.2, 0.25) is 0 Å². The Bertz CT molecular complexity index is 235. The second kappa shape index (κ2) is 6.91. The molecule has 18 heavy (non-hydrogen) atoms. The summed E-state index contributed by atoms with van der Waals surface area (Å²) < 4.78 is 0. The van der Waals surface area contributed by atoms with Gasteiger partial charge in [-0.05, 0) is 38.0 Å². The predicted octanol–water partition coefficient (Wildman–Crippen LogP) is 3.40. The Morgan fingerprint density at radius 3 is 2.44 bits per heavy atom. The highest BCUT2D eigenvalue weighted by Crippen LogP contribution is 2.31. The van der Waals surface area contributed by atoms with Crippen LogP contribution in [-0.4, -0.2) is 30.1 Å². The van der Waals surface area contributed by atoms with Gasteiger partial charge in [0.05, 0.1) is 0 Å². The molecule has 2 heteroatoms. The molecule has 0 bridgehead atoms. The fraction of sp³-hybridized carbons (Fsp3) is 1.00. The highest BCUT2D eigenvalue weighted by molar-refractivity contribution is 4.85. The van der Waals surface area contributed by atoms with Gasteiger partial charge in [0.1, 0.15) is 0 Å². The van der Waals surface area contributed by atoms with Crippen molar-refractivity contribution >= 4 is 0 Å². The minimum absolute atomic E-state index is 0.644. The third-order valence-corrected chi connectivity index (χ3v) is 5.24. The van der Waals surface area contributed by atoms with Gasteiger partial charge in [-0.3, -0.25) is 4.90 Å². The predicted molar refractivity (Wildman–Crippen MR) is 78.6 cm³/mol. The lowest BCUT2D eigenvalue weighted by Gasteiger charge is -2.43. The molecule has 0 aromatic rings. The molecule has 2 nitrogen and oxygen atoms in total. The van der Waals surface area contributed by atoms with Gasteiger partial charge in [-0.25, -0.2) is 0 Å². The second-order valence-electron chi connectivity index (χ2n) is 6.86. The molecule has 1 aliphatic heterocycles. The smallest absolute Gasteiger partial charge is 0.0223 e. The highest BCUT2D eigenvalue weighted by atomic mass is 15.2. The van der Waals surface area contributed by atoms with E-state index in [2.05, 4.69) is 18.7 Å². The maximum atomic E-state index is 6.09. The molecule has 1 heterocycles. The van der Waals surface area contributed by atoms with E-state index >= 15 is 0 Å². The molecule has 2 fully saturated rings. The summed E-state index contributed by atoms with van der Waals surface area (Å²) in [6, 6.07) is 1.39. The third kappa shape index (κ3) is 3.71. The normalized spacial score (nSPS) is 33.5. The number of piperidine rings is 1. The van der Waals surface area contributed by atoms with Gasteiger partial charge in [0.15, 0.2) is 0 Å². The Labute approximate surface area is 113 Å². The summed E-state index contributed by atoms with van der Waals surface area (Å²) >= 11 is 0. The van der Waals surface area contributed by atoms with Crippen LogP contribution < -0.4 is 5.73 Å². The molecule has 106 valence electrons. The van der Waals surface area contributed by atoms with Gasteiger partial charge in [0.25, 0.3) is 0 Å². The van der Waals surface area contributed by atoms with E-state index in [9.17, 15) is 0 Å². The van der Waals surface area contributed by atoms with Gasteiger partial charge in [-0.15, -0.1) is 0 Å². The summed E-state index contributed by atoms with van der Waals surface area (Å²) in [5, 5.41) is 0. The van der Waals surface area contributed by atoms with E-state index in [1.807, 2.05) is 0 Å². The van der Waals surface area contributed by atoms with Crippen molar-refractivity contribution in [3.63, 3.8) is 0 Å². The highest BCUT2D eigenvalue weighted by Gasteiger charge is 2.30. The van der Waals surface area contributed by atoms with Crippen LogP contribution in [0.3, 0.4) is 0 Å². The van der Waals surface area contributed by atoms with E-state index in [0.29, 0.717) is 6.04 Å². The Morgan fingerprint density at radius 1 is 1.06 bits per heavy atom. The molecule has 3 atom stereocenters. The largest absolute Gasteiger partial charge is 0.329 e. The van der Waals surface area contributed by atoms with Crippen LogP contribution in [0.5, 0.6) is 0 Å². The molecule has 0 amide bonds. The Balaban J connectivity index is 1.89. The molecule has 0 radical (unpaired) electrons. The van der Waals surface area contributed by atoms with Crippen LogP contribution in [0.4, 0.5) is 0 Å². The van der Waals surface area contributed by atoms with Crippen molar-refractivity contribution in [1.29, 1.82) is 0 Å². The van der Waals surface area contributed by atoms with Gasteiger partial charge < -0.3 is 5.73 Å². The van der Waals surface area contributed by atoms with Crippen molar-refractivity contribution < 1.29 is 0 Å². The summed E-state index contributed by atoms with van der Waals surface area (Å²) in [6.07, 6.45) is 11.4. The van der Waals surface area contributed by atoms with E-state index in [1.54, 1.807) is 0 Å². The maximum absolute atomic E-state index is 6.09. The Kier molecular flexibility index (Phi) is 5.50. The summed E-state index contributed by atoms with van der Waals surface area (Å²) in [5.74, 6) is 1.82. The molecule has 2 aliphatic rings. The number of hydrogen-bond acceptors (Lipinski definition) is 2. The minimum Gasteiger partial charge on any atom is -0.329 e. The first-order valence-electron chi connectivity index (χ1n) is 8.16. The van der Waals surface area contributed by atoms with Gasteiger partial charge in [-0.2, -0.15) is 0 Å². The zero-order chi connectivity index (χ0) is 13.0. The first-order chi connectivity index (χ1) is 8.70. The molecule has 0 aromatic carbocycles. The first kappa shape index (κ1) is 14.3. The van der Waals surface area contributed by atoms with Crippen LogP contribution in [0.1, 0.15) is 65.2 Å². The van der Waals surface area contributed by atoms with Crippen LogP contribution in [-0.2, 0) is 0 Å². The van der Waals surface area contributed by atoms with Gasteiger partial charge in [-0.1, -0.05) is 39.0 Å². The van der Waals surface area contributed by atoms with E-state index in [1.165, 1.54) is 57.9 Å². The maximum Gasteiger partial charge on any atom is 0.0223 e. The SMILES string of the molecule is CC1CCC(C)N(C(CN)CC2CCCCC2)C1.